The zero-order valence-corrected chi connectivity index (χ0v) is 11.4. The molecule has 0 saturated carbocycles. The van der Waals surface area contributed by atoms with Crippen molar-refractivity contribution in [2.45, 2.75) is 18.6 Å². The van der Waals surface area contributed by atoms with Gasteiger partial charge in [-0.15, -0.1) is 0 Å². The van der Waals surface area contributed by atoms with Crippen LogP contribution in [0, 0.1) is 0 Å². The van der Waals surface area contributed by atoms with E-state index in [0.29, 0.717) is 16.0 Å². The first-order valence-corrected chi connectivity index (χ1v) is 5.81. The van der Waals surface area contributed by atoms with Crippen molar-refractivity contribution < 1.29 is 22.6 Å². The molecule has 0 saturated heterocycles. The van der Waals surface area contributed by atoms with Gasteiger partial charge in [-0.1, -0.05) is 0 Å². The summed E-state index contributed by atoms with van der Waals surface area (Å²) < 4.78 is 47.6. The molecule has 18 heavy (non-hydrogen) atoms. The molecule has 1 aromatic carbocycles. The first kappa shape index (κ1) is 15.1. The monoisotopic (exact) mass is 327 g/mol. The smallest absolute Gasteiger partial charge is 0.390 e. The van der Waals surface area contributed by atoms with Crippen molar-refractivity contribution in [2.75, 3.05) is 14.2 Å². The summed E-state index contributed by atoms with van der Waals surface area (Å²) in [5.41, 5.74) is 5.82. The molecule has 2 N–H and O–H groups in total. The van der Waals surface area contributed by atoms with Gasteiger partial charge in [-0.2, -0.15) is 13.2 Å². The highest BCUT2D eigenvalue weighted by Crippen LogP contribution is 2.38. The van der Waals surface area contributed by atoms with Gasteiger partial charge in [0.25, 0.3) is 0 Å². The van der Waals surface area contributed by atoms with E-state index < -0.39 is 18.6 Å². The summed E-state index contributed by atoms with van der Waals surface area (Å²) in [5.74, 6) is 0.697. The third-order valence-electron chi connectivity index (χ3n) is 2.35. The lowest BCUT2D eigenvalue weighted by atomic mass is 10.0. The van der Waals surface area contributed by atoms with Crippen LogP contribution in [-0.2, 0) is 0 Å². The van der Waals surface area contributed by atoms with Crippen LogP contribution in [0.4, 0.5) is 13.2 Å². The van der Waals surface area contributed by atoms with Crippen LogP contribution in [0.5, 0.6) is 11.5 Å². The number of benzene rings is 1. The van der Waals surface area contributed by atoms with E-state index in [4.69, 9.17) is 15.2 Å². The maximum absolute atomic E-state index is 12.3. The SMILES string of the molecule is COc1cc([C@H](N)CC(F)(F)F)c(OC)cc1Br. The van der Waals surface area contributed by atoms with Crippen LogP contribution in [0.3, 0.4) is 0 Å². The predicted octanol–water partition coefficient (Wildman–Crippen LogP) is 3.42. The Labute approximate surface area is 111 Å². The molecule has 0 amide bonds. The quantitative estimate of drug-likeness (QED) is 0.921. The van der Waals surface area contributed by atoms with Crippen LogP contribution in [0.1, 0.15) is 18.0 Å². The van der Waals surface area contributed by atoms with Crippen molar-refractivity contribution in [1.29, 1.82) is 0 Å². The summed E-state index contributed by atoms with van der Waals surface area (Å²) in [5, 5.41) is 0. The Morgan fingerprint density at radius 1 is 1.22 bits per heavy atom. The summed E-state index contributed by atoms with van der Waals surface area (Å²) >= 11 is 3.22. The molecule has 0 aliphatic carbocycles. The fraction of sp³-hybridized carbons (Fsp3) is 0.455. The van der Waals surface area contributed by atoms with E-state index in [1.807, 2.05) is 0 Å². The molecule has 0 aliphatic rings. The molecule has 0 fully saturated rings. The Balaban J connectivity index is 3.13. The Bertz CT molecular complexity index is 423. The minimum Gasteiger partial charge on any atom is -0.496 e. The van der Waals surface area contributed by atoms with Crippen LogP contribution in [-0.4, -0.2) is 20.4 Å². The van der Waals surface area contributed by atoms with Gasteiger partial charge in [-0.25, -0.2) is 0 Å². The second-order valence-electron chi connectivity index (χ2n) is 3.65. The molecule has 0 aromatic heterocycles. The van der Waals surface area contributed by atoms with Crippen molar-refractivity contribution in [1.82, 2.24) is 0 Å². The second kappa shape index (κ2) is 5.79. The van der Waals surface area contributed by atoms with E-state index in [9.17, 15) is 13.2 Å². The van der Waals surface area contributed by atoms with Gasteiger partial charge < -0.3 is 15.2 Å². The molecule has 0 bridgehead atoms. The lowest BCUT2D eigenvalue weighted by molar-refractivity contribution is -0.138. The van der Waals surface area contributed by atoms with E-state index in [-0.39, 0.29) is 5.56 Å². The van der Waals surface area contributed by atoms with Crippen LogP contribution in [0.25, 0.3) is 0 Å². The Hall–Kier alpha value is -0.950. The predicted molar refractivity (Wildman–Crippen MR) is 64.8 cm³/mol. The van der Waals surface area contributed by atoms with Crippen LogP contribution in [0.15, 0.2) is 16.6 Å². The first-order chi connectivity index (χ1) is 8.28. The highest BCUT2D eigenvalue weighted by Gasteiger charge is 2.32. The number of rotatable bonds is 4. The number of halogens is 4. The van der Waals surface area contributed by atoms with E-state index in [2.05, 4.69) is 15.9 Å². The molecule has 0 unspecified atom stereocenters. The van der Waals surface area contributed by atoms with Gasteiger partial charge in [0.15, 0.2) is 0 Å². The fourth-order valence-electron chi connectivity index (χ4n) is 1.53. The van der Waals surface area contributed by atoms with Gasteiger partial charge in [0.05, 0.1) is 25.1 Å². The van der Waals surface area contributed by atoms with Gasteiger partial charge in [-0.05, 0) is 28.1 Å². The minimum atomic E-state index is -4.33. The second-order valence-corrected chi connectivity index (χ2v) is 4.51. The molecule has 0 spiro atoms. The summed E-state index contributed by atoms with van der Waals surface area (Å²) in [6, 6.07) is 1.78. The van der Waals surface area contributed by atoms with Crippen molar-refractivity contribution in [3.05, 3.63) is 22.2 Å². The van der Waals surface area contributed by atoms with E-state index in [1.54, 1.807) is 0 Å². The van der Waals surface area contributed by atoms with Crippen molar-refractivity contribution in [2.24, 2.45) is 5.73 Å². The summed E-state index contributed by atoms with van der Waals surface area (Å²) in [6.07, 6.45) is -5.45. The van der Waals surface area contributed by atoms with Crippen LogP contribution >= 0.6 is 15.9 Å². The van der Waals surface area contributed by atoms with Gasteiger partial charge in [-0.3, -0.25) is 0 Å². The third kappa shape index (κ3) is 3.78. The maximum Gasteiger partial charge on any atom is 0.390 e. The average molecular weight is 328 g/mol. The highest BCUT2D eigenvalue weighted by atomic mass is 79.9. The van der Waals surface area contributed by atoms with E-state index >= 15 is 0 Å². The molecular formula is C11H13BrF3NO2. The van der Waals surface area contributed by atoms with Gasteiger partial charge >= 0.3 is 6.18 Å². The molecule has 0 aliphatic heterocycles. The number of methoxy groups -OCH3 is 2. The van der Waals surface area contributed by atoms with E-state index in [1.165, 1.54) is 26.4 Å². The van der Waals surface area contributed by atoms with Crippen LogP contribution < -0.4 is 15.2 Å². The Morgan fingerprint density at radius 3 is 2.22 bits per heavy atom. The lowest BCUT2D eigenvalue weighted by Crippen LogP contribution is -2.20. The third-order valence-corrected chi connectivity index (χ3v) is 2.97. The standard InChI is InChI=1S/C11H13BrF3NO2/c1-17-9-4-7(12)10(18-2)3-6(9)8(16)5-11(13,14)15/h3-4,8H,5,16H2,1-2H3/t8-/m1/s1. The normalized spacial score (nSPS) is 13.3. The van der Waals surface area contributed by atoms with E-state index in [0.717, 1.165) is 0 Å². The zero-order valence-electron chi connectivity index (χ0n) is 9.84. The van der Waals surface area contributed by atoms with Gasteiger partial charge in [0, 0.05) is 11.6 Å². The fourth-order valence-corrected chi connectivity index (χ4v) is 2.02. The number of hydrogen-bond donors (Lipinski definition) is 1. The van der Waals surface area contributed by atoms with Crippen LogP contribution in [0.2, 0.25) is 0 Å². The molecule has 0 heterocycles. The Kier molecular flexibility index (Phi) is 4.86. The molecule has 1 rings (SSSR count). The largest absolute Gasteiger partial charge is 0.496 e. The number of alkyl halides is 3. The van der Waals surface area contributed by atoms with Crippen molar-refractivity contribution in [3.8, 4) is 11.5 Å². The van der Waals surface area contributed by atoms with Gasteiger partial charge in [0.1, 0.15) is 11.5 Å². The molecule has 1 atom stereocenters. The topological polar surface area (TPSA) is 44.5 Å². The number of hydrogen-bond acceptors (Lipinski definition) is 3. The number of nitrogens with two attached hydrogens (primary N) is 1. The van der Waals surface area contributed by atoms with Crippen molar-refractivity contribution in [3.63, 3.8) is 0 Å². The summed E-state index contributed by atoms with van der Waals surface area (Å²) in [4.78, 5) is 0. The molecule has 102 valence electrons. The molecule has 0 radical (unpaired) electrons. The first-order valence-electron chi connectivity index (χ1n) is 5.02. The molecule has 1 aromatic rings. The summed E-state index contributed by atoms with van der Waals surface area (Å²) in [6.45, 7) is 0. The Morgan fingerprint density at radius 2 is 1.78 bits per heavy atom. The average Bonchev–Trinajstić information content (AvgIpc) is 2.26. The summed E-state index contributed by atoms with van der Waals surface area (Å²) in [7, 11) is 2.80. The van der Waals surface area contributed by atoms with Crippen molar-refractivity contribution >= 4 is 15.9 Å². The molecular weight excluding hydrogens is 315 g/mol. The maximum atomic E-state index is 12.3. The highest BCUT2D eigenvalue weighted by molar-refractivity contribution is 9.10. The zero-order chi connectivity index (χ0) is 13.9. The van der Waals surface area contributed by atoms with Gasteiger partial charge in [0.2, 0.25) is 0 Å². The molecule has 7 heteroatoms. The minimum absolute atomic E-state index is 0.259. The molecule has 3 nitrogen and oxygen atoms in total. The lowest BCUT2D eigenvalue weighted by Gasteiger charge is -2.18. The number of ether oxygens (including phenoxy) is 2.